The van der Waals surface area contributed by atoms with Gasteiger partial charge in [0.05, 0.1) is 5.38 Å². The van der Waals surface area contributed by atoms with Gasteiger partial charge in [0.2, 0.25) is 5.95 Å². The van der Waals surface area contributed by atoms with Crippen molar-refractivity contribution in [3.05, 3.63) is 0 Å². The van der Waals surface area contributed by atoms with Crippen molar-refractivity contribution in [3.8, 4) is 0 Å². The zero-order valence-corrected chi connectivity index (χ0v) is 7.91. The van der Waals surface area contributed by atoms with E-state index in [-0.39, 0.29) is 5.38 Å². The quantitative estimate of drug-likeness (QED) is 0.707. The Morgan fingerprint density at radius 1 is 1.67 bits per heavy atom. The van der Waals surface area contributed by atoms with E-state index in [1.807, 2.05) is 6.92 Å². The number of aryl methyl sites for hydroxylation is 1. The monoisotopic (exact) mass is 189 g/mol. The third-order valence-corrected chi connectivity index (χ3v) is 2.01. The second-order valence-corrected chi connectivity index (χ2v) is 3.13. The van der Waals surface area contributed by atoms with Gasteiger partial charge in [-0.3, -0.25) is 0 Å². The molecule has 1 aromatic rings. The molecule has 0 aromatic carbocycles. The van der Waals surface area contributed by atoms with Crippen LogP contribution in [0.25, 0.3) is 0 Å². The molecule has 0 fully saturated rings. The second kappa shape index (κ2) is 4.25. The second-order valence-electron chi connectivity index (χ2n) is 2.51. The molecule has 6 heteroatoms. The first-order chi connectivity index (χ1) is 5.74. The number of nitrogens with one attached hydrogen (secondary N) is 1. The van der Waals surface area contributed by atoms with E-state index in [0.29, 0.717) is 12.5 Å². The highest BCUT2D eigenvalue weighted by Crippen LogP contribution is 2.02. The van der Waals surface area contributed by atoms with Gasteiger partial charge in [0.15, 0.2) is 0 Å². The number of halogens is 1. The summed E-state index contributed by atoms with van der Waals surface area (Å²) < 4.78 is 1.57. The Bertz CT molecular complexity index is 236. The lowest BCUT2D eigenvalue weighted by molar-refractivity contribution is 0.710. The Labute approximate surface area is 76.1 Å². The summed E-state index contributed by atoms with van der Waals surface area (Å²) in [5, 5.41) is 14.1. The largest absolute Gasteiger partial charge is 0.352 e. The molecule has 5 nitrogen and oxygen atoms in total. The number of hydrogen-bond acceptors (Lipinski definition) is 4. The van der Waals surface area contributed by atoms with Crippen LogP contribution in [0.5, 0.6) is 0 Å². The summed E-state index contributed by atoms with van der Waals surface area (Å²) in [5.74, 6) is 0.647. The van der Waals surface area contributed by atoms with Gasteiger partial charge in [0.1, 0.15) is 0 Å². The van der Waals surface area contributed by atoms with Crippen LogP contribution in [0.2, 0.25) is 0 Å². The van der Waals surface area contributed by atoms with Crippen molar-refractivity contribution < 1.29 is 0 Å². The molecule has 1 heterocycles. The minimum atomic E-state index is 0.127. The summed E-state index contributed by atoms with van der Waals surface area (Å²) in [4.78, 5) is 0. The van der Waals surface area contributed by atoms with E-state index < -0.39 is 0 Å². The summed E-state index contributed by atoms with van der Waals surface area (Å²) in [7, 11) is 1.78. The average Bonchev–Trinajstić information content (AvgIpc) is 2.47. The molecule has 0 spiro atoms. The first kappa shape index (κ1) is 9.25. The highest BCUT2D eigenvalue weighted by Gasteiger charge is 2.04. The molecule has 12 heavy (non-hydrogen) atoms. The molecule has 1 unspecified atom stereocenters. The number of rotatable bonds is 4. The fourth-order valence-electron chi connectivity index (χ4n) is 0.726. The molecule has 0 radical (unpaired) electrons. The molecule has 0 amide bonds. The van der Waals surface area contributed by atoms with Crippen molar-refractivity contribution in [2.45, 2.75) is 18.7 Å². The van der Waals surface area contributed by atoms with Gasteiger partial charge in [-0.2, -0.15) is 0 Å². The van der Waals surface area contributed by atoms with Crippen molar-refractivity contribution in [3.63, 3.8) is 0 Å². The Hall–Kier alpha value is -0.840. The molecule has 68 valence electrons. The zero-order valence-electron chi connectivity index (χ0n) is 7.16. The molecule has 1 rings (SSSR count). The predicted molar refractivity (Wildman–Crippen MR) is 47.2 cm³/mol. The maximum absolute atomic E-state index is 5.89. The summed E-state index contributed by atoms with van der Waals surface area (Å²) >= 11 is 5.89. The molecule has 0 aliphatic rings. The van der Waals surface area contributed by atoms with Crippen LogP contribution in [0, 0.1) is 0 Å². The number of tetrazole rings is 1. The van der Waals surface area contributed by atoms with Crippen molar-refractivity contribution in [2.75, 3.05) is 11.9 Å². The first-order valence-electron chi connectivity index (χ1n) is 3.84. The molecule has 1 atom stereocenters. The van der Waals surface area contributed by atoms with E-state index in [1.54, 1.807) is 11.7 Å². The normalized spacial score (nSPS) is 12.9. The third-order valence-electron chi connectivity index (χ3n) is 1.54. The average molecular weight is 190 g/mol. The third kappa shape index (κ3) is 2.34. The molecule has 1 N–H and O–H groups in total. The van der Waals surface area contributed by atoms with Crippen molar-refractivity contribution in [2.24, 2.45) is 7.05 Å². The minimum Gasteiger partial charge on any atom is -0.352 e. The van der Waals surface area contributed by atoms with Crippen LogP contribution in [0.3, 0.4) is 0 Å². The molecular weight excluding hydrogens is 178 g/mol. The molecule has 0 saturated heterocycles. The lowest BCUT2D eigenvalue weighted by Crippen LogP contribution is -2.15. The van der Waals surface area contributed by atoms with E-state index in [0.717, 1.165) is 6.42 Å². The number of hydrogen-bond donors (Lipinski definition) is 1. The van der Waals surface area contributed by atoms with E-state index in [1.165, 1.54) is 0 Å². The van der Waals surface area contributed by atoms with Crippen LogP contribution in [0.1, 0.15) is 13.3 Å². The van der Waals surface area contributed by atoms with Crippen LogP contribution >= 0.6 is 11.6 Å². The van der Waals surface area contributed by atoms with E-state index >= 15 is 0 Å². The predicted octanol–water partition coefficient (Wildman–Crippen LogP) is 0.639. The van der Waals surface area contributed by atoms with Crippen molar-refractivity contribution in [1.29, 1.82) is 0 Å². The highest BCUT2D eigenvalue weighted by atomic mass is 35.5. The Morgan fingerprint density at radius 3 is 2.92 bits per heavy atom. The fraction of sp³-hybridized carbons (Fsp3) is 0.833. The number of nitrogens with zero attached hydrogens (tertiary/aromatic N) is 4. The first-order valence-corrected chi connectivity index (χ1v) is 4.28. The standard InChI is InChI=1S/C6H12ClN5/c1-3-5(7)4-8-6-9-10-11-12(6)2/h5H,3-4H2,1-2H3,(H,8,9,11). The fourth-order valence-corrected chi connectivity index (χ4v) is 0.803. The molecule has 0 aliphatic heterocycles. The summed E-state index contributed by atoms with van der Waals surface area (Å²) in [6, 6.07) is 0. The van der Waals surface area contributed by atoms with E-state index in [4.69, 9.17) is 11.6 Å². The summed E-state index contributed by atoms with van der Waals surface area (Å²) in [6.45, 7) is 2.72. The summed E-state index contributed by atoms with van der Waals surface area (Å²) in [6.07, 6.45) is 0.930. The van der Waals surface area contributed by atoms with Crippen LogP contribution < -0.4 is 5.32 Å². The van der Waals surface area contributed by atoms with E-state index in [2.05, 4.69) is 20.8 Å². The molecular formula is C6H12ClN5. The molecule has 0 bridgehead atoms. The topological polar surface area (TPSA) is 55.6 Å². The van der Waals surface area contributed by atoms with Gasteiger partial charge in [0.25, 0.3) is 0 Å². The van der Waals surface area contributed by atoms with Gasteiger partial charge < -0.3 is 5.32 Å². The number of alkyl halides is 1. The van der Waals surface area contributed by atoms with Gasteiger partial charge in [-0.1, -0.05) is 12.0 Å². The lowest BCUT2D eigenvalue weighted by atomic mass is 10.3. The number of anilines is 1. The Morgan fingerprint density at radius 2 is 2.42 bits per heavy atom. The molecule has 0 saturated carbocycles. The van der Waals surface area contributed by atoms with Crippen molar-refractivity contribution in [1.82, 2.24) is 20.2 Å². The SMILES string of the molecule is CCC(Cl)CNc1nnnn1C. The summed E-state index contributed by atoms with van der Waals surface area (Å²) in [5.41, 5.74) is 0. The van der Waals surface area contributed by atoms with Crippen LogP contribution in [-0.4, -0.2) is 32.1 Å². The Kier molecular flexibility index (Phi) is 3.28. The van der Waals surface area contributed by atoms with Gasteiger partial charge in [-0.15, -0.1) is 11.6 Å². The van der Waals surface area contributed by atoms with Crippen LogP contribution in [0.15, 0.2) is 0 Å². The zero-order chi connectivity index (χ0) is 8.97. The minimum absolute atomic E-state index is 0.127. The maximum atomic E-state index is 5.89. The van der Waals surface area contributed by atoms with Gasteiger partial charge in [0, 0.05) is 13.6 Å². The smallest absolute Gasteiger partial charge is 0.242 e. The molecule has 1 aromatic heterocycles. The number of aromatic nitrogens is 4. The highest BCUT2D eigenvalue weighted by molar-refractivity contribution is 6.20. The van der Waals surface area contributed by atoms with Gasteiger partial charge >= 0.3 is 0 Å². The maximum Gasteiger partial charge on any atom is 0.242 e. The molecule has 0 aliphatic carbocycles. The Balaban J connectivity index is 2.38. The van der Waals surface area contributed by atoms with Gasteiger partial charge in [-0.25, -0.2) is 4.68 Å². The van der Waals surface area contributed by atoms with Crippen molar-refractivity contribution >= 4 is 17.5 Å². The van der Waals surface area contributed by atoms with Gasteiger partial charge in [-0.05, 0) is 16.8 Å². The van der Waals surface area contributed by atoms with Crippen LogP contribution in [0.4, 0.5) is 5.95 Å². The lowest BCUT2D eigenvalue weighted by Gasteiger charge is -2.06. The van der Waals surface area contributed by atoms with Crippen LogP contribution in [-0.2, 0) is 7.05 Å². The van der Waals surface area contributed by atoms with E-state index in [9.17, 15) is 0 Å².